The normalized spacial score (nSPS) is 17.1. The highest BCUT2D eigenvalue weighted by atomic mass is 32.2. The molecule has 0 spiro atoms. The maximum Gasteiger partial charge on any atom is 0.245 e. The monoisotopic (exact) mass is 459 g/mol. The van der Waals surface area contributed by atoms with E-state index in [0.29, 0.717) is 22.9 Å². The highest BCUT2D eigenvalue weighted by molar-refractivity contribution is 7.87. The van der Waals surface area contributed by atoms with Crippen molar-refractivity contribution in [1.29, 1.82) is 0 Å². The molecule has 1 aliphatic heterocycles. The molecule has 3 aromatic carbocycles. The number of anilines is 1. The van der Waals surface area contributed by atoms with Gasteiger partial charge in [-0.3, -0.25) is 19.3 Å². The smallest absolute Gasteiger partial charge is 0.245 e. The molecule has 0 saturated heterocycles. The number of fused-ring (bicyclic) bond motifs is 2. The van der Waals surface area contributed by atoms with E-state index in [9.17, 15) is 9.00 Å². The molecule has 8 heteroatoms. The molecule has 1 aromatic heterocycles. The van der Waals surface area contributed by atoms with Crippen LogP contribution >= 0.6 is 0 Å². The van der Waals surface area contributed by atoms with Crippen LogP contribution in [0.5, 0.6) is 5.75 Å². The third-order valence-electron chi connectivity index (χ3n) is 5.66. The van der Waals surface area contributed by atoms with Crippen molar-refractivity contribution < 1.29 is 18.9 Å². The lowest BCUT2D eigenvalue weighted by atomic mass is 10.0. The quantitative estimate of drug-likeness (QED) is 0.331. The first-order valence-corrected chi connectivity index (χ1v) is 11.5. The van der Waals surface area contributed by atoms with Gasteiger partial charge in [-0.2, -0.15) is 0 Å². The summed E-state index contributed by atoms with van der Waals surface area (Å²) in [6, 6.07) is 24.0. The average Bonchev–Trinajstić information content (AvgIpc) is 3.14. The van der Waals surface area contributed by atoms with Crippen molar-refractivity contribution >= 4 is 33.5 Å². The number of para-hydroxylation sites is 1. The van der Waals surface area contributed by atoms with Gasteiger partial charge in [-0.25, -0.2) is 9.69 Å². The summed E-state index contributed by atoms with van der Waals surface area (Å²) in [5.41, 5.74) is 5.14. The van der Waals surface area contributed by atoms with Gasteiger partial charge >= 0.3 is 0 Å². The Morgan fingerprint density at radius 1 is 1.03 bits per heavy atom. The number of benzene rings is 3. The molecule has 5 rings (SSSR count). The summed E-state index contributed by atoms with van der Waals surface area (Å²) in [4.78, 5) is 17.0. The fraction of sp³-hybridized carbons (Fsp3) is 0.120. The number of rotatable bonds is 6. The number of hydroxylamine groups is 1. The van der Waals surface area contributed by atoms with Gasteiger partial charge in [0.1, 0.15) is 12.4 Å². The lowest BCUT2D eigenvalue weighted by molar-refractivity contribution is -0.129. The number of hydrogen-bond acceptors (Lipinski definition) is 5. The minimum Gasteiger partial charge on any atom is -0.489 e. The van der Waals surface area contributed by atoms with Crippen LogP contribution in [0.15, 0.2) is 90.0 Å². The molecule has 2 unspecified atom stereocenters. The second-order valence-electron chi connectivity index (χ2n) is 7.64. The zero-order valence-electron chi connectivity index (χ0n) is 17.5. The summed E-state index contributed by atoms with van der Waals surface area (Å²) in [5, 5.41) is 10.1. The van der Waals surface area contributed by atoms with Crippen molar-refractivity contribution in [1.82, 2.24) is 10.5 Å². The van der Waals surface area contributed by atoms with E-state index in [-0.39, 0.29) is 6.42 Å². The Kier molecular flexibility index (Phi) is 5.77. The van der Waals surface area contributed by atoms with E-state index in [2.05, 4.69) is 4.98 Å². The Labute approximate surface area is 193 Å². The van der Waals surface area contributed by atoms with Crippen molar-refractivity contribution in [3.63, 3.8) is 0 Å². The maximum absolute atomic E-state index is 13.2. The largest absolute Gasteiger partial charge is 0.489 e. The molecule has 1 aliphatic rings. The summed E-state index contributed by atoms with van der Waals surface area (Å²) < 4.78 is 20.9. The molecule has 1 amide bonds. The maximum atomic E-state index is 13.2. The lowest BCUT2D eigenvalue weighted by Gasteiger charge is -2.25. The second-order valence-corrected chi connectivity index (χ2v) is 8.97. The number of amides is 1. The third-order valence-corrected chi connectivity index (χ3v) is 7.23. The van der Waals surface area contributed by atoms with Crippen molar-refractivity contribution in [2.75, 3.05) is 4.31 Å². The molecule has 0 bridgehead atoms. The molecule has 2 atom stereocenters. The first-order valence-electron chi connectivity index (χ1n) is 10.4. The molecule has 0 fully saturated rings. The topological polar surface area (TPSA) is 91.8 Å². The van der Waals surface area contributed by atoms with E-state index >= 15 is 0 Å². The molecule has 2 N–H and O–H groups in total. The second kappa shape index (κ2) is 9.01. The molecular weight excluding hydrogens is 438 g/mol. The first-order chi connectivity index (χ1) is 16.2. The first kappa shape index (κ1) is 21.1. The predicted molar refractivity (Wildman–Crippen MR) is 125 cm³/mol. The van der Waals surface area contributed by atoms with Crippen LogP contribution in [0.1, 0.15) is 23.6 Å². The van der Waals surface area contributed by atoms with Gasteiger partial charge in [0.25, 0.3) is 0 Å². The summed E-state index contributed by atoms with van der Waals surface area (Å²) >= 11 is 0. The number of carbonyl (C=O) groups is 1. The van der Waals surface area contributed by atoms with Crippen molar-refractivity contribution in [3.8, 4) is 5.75 Å². The van der Waals surface area contributed by atoms with Crippen LogP contribution in [0.2, 0.25) is 0 Å². The minimum atomic E-state index is -1.47. The Balaban J connectivity index is 1.37. The van der Waals surface area contributed by atoms with E-state index in [1.54, 1.807) is 22.0 Å². The van der Waals surface area contributed by atoms with Crippen LogP contribution in [0.4, 0.5) is 5.69 Å². The van der Waals surface area contributed by atoms with Gasteiger partial charge in [0.05, 0.1) is 28.6 Å². The lowest BCUT2D eigenvalue weighted by Crippen LogP contribution is -2.29. The Bertz CT molecular complexity index is 1340. The highest BCUT2D eigenvalue weighted by Gasteiger charge is 2.37. The standard InChI is InChI=1S/C25H21N3O4S/c29-25(27-30)15-23-21-6-2-4-8-24(21)33(31)28(23)18-9-11-19(12-10-18)32-16-17-13-14-26-22-7-3-1-5-20(17)22/h1-14,23,30H,15-16H2,(H,27,29). The molecule has 0 saturated carbocycles. The Hall–Kier alpha value is -3.75. The predicted octanol–water partition coefficient (Wildman–Crippen LogP) is 4.29. The molecule has 2 heterocycles. The van der Waals surface area contributed by atoms with Gasteiger partial charge in [-0.05, 0) is 48.0 Å². The van der Waals surface area contributed by atoms with Gasteiger partial charge in [0, 0.05) is 17.1 Å². The molecular formula is C25H21N3O4S. The summed E-state index contributed by atoms with van der Waals surface area (Å²) in [6.07, 6.45) is 1.75. The average molecular weight is 460 g/mol. The van der Waals surface area contributed by atoms with Crippen LogP contribution in [0.25, 0.3) is 10.9 Å². The van der Waals surface area contributed by atoms with Crippen molar-refractivity contribution in [2.24, 2.45) is 0 Å². The van der Waals surface area contributed by atoms with E-state index in [1.807, 2.05) is 72.8 Å². The van der Waals surface area contributed by atoms with Gasteiger partial charge in [0.15, 0.2) is 11.0 Å². The van der Waals surface area contributed by atoms with E-state index in [1.165, 1.54) is 0 Å². The number of carbonyl (C=O) groups excluding carboxylic acids is 1. The van der Waals surface area contributed by atoms with E-state index in [4.69, 9.17) is 9.94 Å². The molecule has 4 aromatic rings. The third kappa shape index (κ3) is 4.06. The fourth-order valence-electron chi connectivity index (χ4n) is 4.08. The molecule has 33 heavy (non-hydrogen) atoms. The summed E-state index contributed by atoms with van der Waals surface area (Å²) in [5.74, 6) is 0.134. The van der Waals surface area contributed by atoms with Crippen LogP contribution in [0.3, 0.4) is 0 Å². The SMILES string of the molecule is O=C(CC1c2ccccc2S(=O)N1c1ccc(OCc2ccnc3ccccc23)cc1)NO. The van der Waals surface area contributed by atoms with Gasteiger partial charge < -0.3 is 4.74 Å². The van der Waals surface area contributed by atoms with Crippen LogP contribution in [0, 0.1) is 0 Å². The zero-order chi connectivity index (χ0) is 22.8. The molecule has 166 valence electrons. The number of nitrogens with zero attached hydrogens (tertiary/aromatic N) is 2. The Morgan fingerprint density at radius 2 is 1.79 bits per heavy atom. The molecule has 0 aliphatic carbocycles. The van der Waals surface area contributed by atoms with Crippen LogP contribution < -0.4 is 14.5 Å². The van der Waals surface area contributed by atoms with Crippen LogP contribution in [-0.4, -0.2) is 20.3 Å². The fourth-order valence-corrected chi connectivity index (χ4v) is 5.63. The Morgan fingerprint density at radius 3 is 2.61 bits per heavy atom. The summed E-state index contributed by atoms with van der Waals surface area (Å²) in [7, 11) is -1.47. The minimum absolute atomic E-state index is 0.0212. The molecule has 7 nitrogen and oxygen atoms in total. The molecule has 0 radical (unpaired) electrons. The summed E-state index contributed by atoms with van der Waals surface area (Å²) in [6.45, 7) is 0.392. The highest BCUT2D eigenvalue weighted by Crippen LogP contribution is 2.42. The van der Waals surface area contributed by atoms with Gasteiger partial charge in [0.2, 0.25) is 5.91 Å². The number of hydrogen-bond donors (Lipinski definition) is 2. The number of ether oxygens (including phenoxy) is 1. The number of nitrogens with one attached hydrogen (secondary N) is 1. The van der Waals surface area contributed by atoms with Crippen LogP contribution in [-0.2, 0) is 22.4 Å². The van der Waals surface area contributed by atoms with Crippen molar-refractivity contribution in [3.05, 3.63) is 96.2 Å². The van der Waals surface area contributed by atoms with Gasteiger partial charge in [-0.1, -0.05) is 36.4 Å². The number of aromatic nitrogens is 1. The van der Waals surface area contributed by atoms with Gasteiger partial charge in [-0.15, -0.1) is 0 Å². The van der Waals surface area contributed by atoms with Crippen molar-refractivity contribution in [2.45, 2.75) is 24.0 Å². The zero-order valence-corrected chi connectivity index (χ0v) is 18.4. The van der Waals surface area contributed by atoms with E-state index < -0.39 is 22.9 Å². The van der Waals surface area contributed by atoms with E-state index in [0.717, 1.165) is 22.0 Å². The number of pyridine rings is 1.